The highest BCUT2D eigenvalue weighted by Gasteiger charge is 2.55. The van der Waals surface area contributed by atoms with Crippen molar-refractivity contribution in [3.8, 4) is 5.75 Å². The van der Waals surface area contributed by atoms with Crippen LogP contribution in [0.5, 0.6) is 5.75 Å². The molecule has 0 aliphatic carbocycles. The second-order valence-electron chi connectivity index (χ2n) is 7.13. The fourth-order valence-electron chi connectivity index (χ4n) is 3.85. The molecule has 2 unspecified atom stereocenters. The van der Waals surface area contributed by atoms with Gasteiger partial charge >= 0.3 is 6.03 Å². The van der Waals surface area contributed by atoms with Gasteiger partial charge in [-0.05, 0) is 24.6 Å². The van der Waals surface area contributed by atoms with Crippen molar-refractivity contribution in [2.75, 3.05) is 13.2 Å². The highest BCUT2D eigenvalue weighted by atomic mass is 35.5. The number of urea groups is 1. The lowest BCUT2D eigenvalue weighted by Gasteiger charge is -2.33. The van der Waals surface area contributed by atoms with Gasteiger partial charge in [-0.25, -0.2) is 4.79 Å². The van der Waals surface area contributed by atoms with E-state index in [0.717, 1.165) is 10.5 Å². The summed E-state index contributed by atoms with van der Waals surface area (Å²) < 4.78 is 5.61. The minimum Gasteiger partial charge on any atom is -0.493 e. The average molecular weight is 414 g/mol. The van der Waals surface area contributed by atoms with Crippen LogP contribution in [0, 0.1) is 0 Å². The fourth-order valence-corrected chi connectivity index (χ4v) is 4.15. The monoisotopic (exact) mass is 413 g/mol. The lowest BCUT2D eigenvalue weighted by atomic mass is 9.84. The second kappa shape index (κ2) is 7.40. The Balaban J connectivity index is 1.51. The van der Waals surface area contributed by atoms with Crippen molar-refractivity contribution in [3.63, 3.8) is 0 Å². The molecule has 7 nitrogen and oxygen atoms in total. The summed E-state index contributed by atoms with van der Waals surface area (Å²) in [5.41, 5.74) is 0.173. The highest BCUT2D eigenvalue weighted by Crippen LogP contribution is 2.40. The number of amides is 4. The molecule has 0 radical (unpaired) electrons. The molecule has 2 aliphatic heterocycles. The van der Waals surface area contributed by atoms with Gasteiger partial charge in [-0.15, -0.1) is 0 Å². The van der Waals surface area contributed by atoms with Gasteiger partial charge in [0.05, 0.1) is 12.6 Å². The Kier molecular flexibility index (Phi) is 4.92. The number of hydrogen-bond donors (Lipinski definition) is 2. The second-order valence-corrected chi connectivity index (χ2v) is 7.54. The van der Waals surface area contributed by atoms with E-state index in [-0.39, 0.29) is 12.6 Å². The van der Waals surface area contributed by atoms with E-state index in [1.54, 1.807) is 43.3 Å². The predicted molar refractivity (Wildman–Crippen MR) is 106 cm³/mol. The lowest BCUT2D eigenvalue weighted by molar-refractivity contribution is -0.136. The molecule has 1 saturated heterocycles. The summed E-state index contributed by atoms with van der Waals surface area (Å²) in [6.45, 7) is 1.72. The number of ether oxygens (including phenoxy) is 1. The first-order chi connectivity index (χ1) is 13.9. The van der Waals surface area contributed by atoms with Gasteiger partial charge in [0.15, 0.2) is 5.54 Å². The molecular weight excluding hydrogens is 394 g/mol. The van der Waals surface area contributed by atoms with Crippen LogP contribution in [0.2, 0.25) is 5.02 Å². The quantitative estimate of drug-likeness (QED) is 0.754. The number of fused-ring (bicyclic) bond motifs is 2. The zero-order valence-corrected chi connectivity index (χ0v) is 16.5. The Hall–Kier alpha value is -3.06. The van der Waals surface area contributed by atoms with Crippen LogP contribution < -0.4 is 15.4 Å². The number of halogens is 1. The van der Waals surface area contributed by atoms with Crippen LogP contribution in [0.3, 0.4) is 0 Å². The number of nitrogens with zero attached hydrogens (tertiary/aromatic N) is 1. The number of benzene rings is 2. The van der Waals surface area contributed by atoms with Gasteiger partial charge in [-0.3, -0.25) is 14.5 Å². The maximum absolute atomic E-state index is 13.2. The van der Waals surface area contributed by atoms with Crippen molar-refractivity contribution in [2.24, 2.45) is 0 Å². The average Bonchev–Trinajstić information content (AvgIpc) is 2.93. The van der Waals surface area contributed by atoms with E-state index < -0.39 is 23.4 Å². The molecule has 29 heavy (non-hydrogen) atoms. The van der Waals surface area contributed by atoms with Crippen molar-refractivity contribution >= 4 is 29.4 Å². The minimum absolute atomic E-state index is 0.298. The molecule has 150 valence electrons. The fraction of sp³-hybridized carbons (Fsp3) is 0.286. The zero-order chi connectivity index (χ0) is 20.6. The van der Waals surface area contributed by atoms with Crippen molar-refractivity contribution in [1.82, 2.24) is 15.5 Å². The molecule has 2 atom stereocenters. The Labute approximate surface area is 173 Å². The molecule has 4 rings (SSSR count). The van der Waals surface area contributed by atoms with Crippen molar-refractivity contribution in [2.45, 2.75) is 24.9 Å². The predicted octanol–water partition coefficient (Wildman–Crippen LogP) is 2.75. The van der Waals surface area contributed by atoms with Gasteiger partial charge < -0.3 is 15.4 Å². The smallest absolute Gasteiger partial charge is 0.325 e. The zero-order valence-electron chi connectivity index (χ0n) is 15.8. The normalized spacial score (nSPS) is 21.4. The summed E-state index contributed by atoms with van der Waals surface area (Å²) in [7, 11) is 0. The molecule has 0 saturated carbocycles. The molecule has 2 heterocycles. The van der Waals surface area contributed by atoms with Gasteiger partial charge in [0.1, 0.15) is 12.3 Å². The van der Waals surface area contributed by atoms with Crippen LogP contribution in [0.4, 0.5) is 4.79 Å². The van der Waals surface area contributed by atoms with Crippen LogP contribution >= 0.6 is 11.6 Å². The number of nitrogens with one attached hydrogen (secondary N) is 2. The summed E-state index contributed by atoms with van der Waals surface area (Å²) in [4.78, 5) is 39.3. The standard InChI is InChI=1S/C21H20ClN3O4/c1-13(14-6-2-4-8-16(14)22)23-18(26)12-25-19(27)21(24-20(25)28)10-11-29-17-9-5-3-7-15(17)21/h2-9,13H,10-12H2,1H3,(H,23,26)(H,24,28). The van der Waals surface area contributed by atoms with E-state index in [9.17, 15) is 14.4 Å². The molecular formula is C21H20ClN3O4. The SMILES string of the molecule is CC(NC(=O)CN1C(=O)NC2(CCOc3ccccc32)C1=O)c1ccccc1Cl. The minimum atomic E-state index is -1.19. The Morgan fingerprint density at radius 1 is 1.24 bits per heavy atom. The molecule has 1 fully saturated rings. The molecule has 2 aliphatic rings. The highest BCUT2D eigenvalue weighted by molar-refractivity contribution is 6.31. The van der Waals surface area contributed by atoms with E-state index in [1.807, 2.05) is 12.1 Å². The van der Waals surface area contributed by atoms with E-state index in [2.05, 4.69) is 10.6 Å². The van der Waals surface area contributed by atoms with Gasteiger partial charge in [-0.1, -0.05) is 48.0 Å². The number of para-hydroxylation sites is 1. The Morgan fingerprint density at radius 2 is 1.97 bits per heavy atom. The van der Waals surface area contributed by atoms with Crippen molar-refractivity contribution in [3.05, 3.63) is 64.7 Å². The van der Waals surface area contributed by atoms with Crippen LogP contribution in [-0.4, -0.2) is 35.9 Å². The van der Waals surface area contributed by atoms with E-state index in [1.165, 1.54) is 0 Å². The van der Waals surface area contributed by atoms with E-state index in [0.29, 0.717) is 29.4 Å². The number of imide groups is 1. The number of carbonyl (C=O) groups is 3. The van der Waals surface area contributed by atoms with Crippen molar-refractivity contribution < 1.29 is 19.1 Å². The van der Waals surface area contributed by atoms with Gasteiger partial charge in [0.2, 0.25) is 5.91 Å². The summed E-state index contributed by atoms with van der Waals surface area (Å²) in [6.07, 6.45) is 0.308. The summed E-state index contributed by atoms with van der Waals surface area (Å²) >= 11 is 6.17. The third-order valence-corrected chi connectivity index (χ3v) is 5.65. The Morgan fingerprint density at radius 3 is 2.76 bits per heavy atom. The molecule has 4 amide bonds. The number of carbonyl (C=O) groups excluding carboxylic acids is 3. The molecule has 0 bridgehead atoms. The van der Waals surface area contributed by atoms with Crippen LogP contribution in [0.25, 0.3) is 0 Å². The molecule has 0 aromatic heterocycles. The summed E-state index contributed by atoms with van der Waals surface area (Å²) in [5.74, 6) is -0.330. The first kappa shape index (κ1) is 19.3. The largest absolute Gasteiger partial charge is 0.493 e. The molecule has 8 heteroatoms. The summed E-state index contributed by atoms with van der Waals surface area (Å²) in [6, 6.07) is 13.3. The van der Waals surface area contributed by atoms with Gasteiger partial charge in [0, 0.05) is 17.0 Å². The van der Waals surface area contributed by atoms with Crippen LogP contribution in [0.15, 0.2) is 48.5 Å². The first-order valence-corrected chi connectivity index (χ1v) is 9.70. The first-order valence-electron chi connectivity index (χ1n) is 9.32. The maximum atomic E-state index is 13.2. The lowest BCUT2D eigenvalue weighted by Crippen LogP contribution is -2.48. The van der Waals surface area contributed by atoms with Gasteiger partial charge in [0.25, 0.3) is 5.91 Å². The number of rotatable bonds is 4. The third kappa shape index (κ3) is 3.31. The topological polar surface area (TPSA) is 87.7 Å². The Bertz CT molecular complexity index is 995. The third-order valence-electron chi connectivity index (χ3n) is 5.31. The summed E-state index contributed by atoms with van der Waals surface area (Å²) in [5, 5.41) is 6.11. The van der Waals surface area contributed by atoms with E-state index >= 15 is 0 Å². The van der Waals surface area contributed by atoms with Crippen LogP contribution in [0.1, 0.15) is 30.5 Å². The molecule has 2 aromatic rings. The molecule has 1 spiro atoms. The molecule has 2 N–H and O–H groups in total. The van der Waals surface area contributed by atoms with Gasteiger partial charge in [-0.2, -0.15) is 0 Å². The van der Waals surface area contributed by atoms with Crippen molar-refractivity contribution in [1.29, 1.82) is 0 Å². The maximum Gasteiger partial charge on any atom is 0.325 e. The van der Waals surface area contributed by atoms with Crippen LogP contribution in [-0.2, 0) is 15.1 Å². The molecule has 2 aromatic carbocycles. The van der Waals surface area contributed by atoms with E-state index in [4.69, 9.17) is 16.3 Å². The number of hydrogen-bond acceptors (Lipinski definition) is 4.